The van der Waals surface area contributed by atoms with Gasteiger partial charge >= 0.3 is 0 Å². The number of alkyl halides is 2. The minimum atomic E-state index is -2.87. The number of nitrogens with zero attached hydrogens (tertiary/aromatic N) is 9. The van der Waals surface area contributed by atoms with Crippen LogP contribution in [0.15, 0.2) is 42.9 Å². The fraction of sp³-hybridized carbons (Fsp3) is 0.556. The van der Waals surface area contributed by atoms with Crippen LogP contribution in [-0.2, 0) is 25.5 Å². The molecule has 5 amide bonds. The highest BCUT2D eigenvalue weighted by atomic mass is 19.3. The molecule has 18 nitrogen and oxygen atoms in total. The minimum absolute atomic E-state index is 0.0183. The van der Waals surface area contributed by atoms with Crippen LogP contribution in [0.5, 0.6) is 0 Å². The molecule has 0 spiro atoms. The van der Waals surface area contributed by atoms with E-state index in [1.807, 2.05) is 12.1 Å². The van der Waals surface area contributed by atoms with Crippen LogP contribution in [0.4, 0.5) is 20.3 Å². The Kier molecular flexibility index (Phi) is 11.9. The normalized spacial score (nSPS) is 26.0. The molecule has 8 heterocycles. The number of anilines is 2. The quantitative estimate of drug-likeness (QED) is 0.175. The summed E-state index contributed by atoms with van der Waals surface area (Å²) in [5.74, 6) is -1.45. The van der Waals surface area contributed by atoms with Gasteiger partial charge in [-0.1, -0.05) is 12.1 Å². The zero-order valence-corrected chi connectivity index (χ0v) is 36.2. The predicted octanol–water partition coefficient (Wildman–Crippen LogP) is 3.49. The molecular weight excluding hydrogens is 845 g/mol. The highest BCUT2D eigenvalue weighted by Crippen LogP contribution is 2.36. The van der Waals surface area contributed by atoms with Crippen LogP contribution in [0.1, 0.15) is 106 Å². The van der Waals surface area contributed by atoms with Crippen LogP contribution in [0.25, 0.3) is 5.65 Å². The van der Waals surface area contributed by atoms with Crippen molar-refractivity contribution >= 4 is 46.7 Å². The van der Waals surface area contributed by atoms with Crippen LogP contribution in [0.3, 0.4) is 0 Å². The number of fused-ring (bicyclic) bond motifs is 4. The molecule has 2 N–H and O–H groups in total. The summed E-state index contributed by atoms with van der Waals surface area (Å²) in [6, 6.07) is 6.24. The number of halogens is 2. The Morgan fingerprint density at radius 3 is 2.65 bits per heavy atom. The maximum absolute atomic E-state index is 14.3. The molecular formula is C45H53F2N11O7. The lowest BCUT2D eigenvalue weighted by Gasteiger charge is -2.35. The number of hydrogen-bond donors (Lipinski definition) is 2. The van der Waals surface area contributed by atoms with Crippen molar-refractivity contribution in [3.8, 4) is 0 Å². The number of likely N-dealkylation sites (N-methyl/N-ethyl adjacent to an activating group) is 1. The molecule has 6 aliphatic rings. The summed E-state index contributed by atoms with van der Waals surface area (Å²) in [5, 5.41) is 13.5. The number of rotatable bonds is 14. The van der Waals surface area contributed by atoms with Gasteiger partial charge in [0, 0.05) is 58.1 Å². The molecule has 4 aromatic rings. The lowest BCUT2D eigenvalue weighted by molar-refractivity contribution is -0.136. The Labute approximate surface area is 373 Å². The van der Waals surface area contributed by atoms with Crippen LogP contribution in [0.2, 0.25) is 0 Å². The van der Waals surface area contributed by atoms with E-state index < -0.39 is 47.7 Å². The highest BCUT2D eigenvalue weighted by molar-refractivity contribution is 6.24. The third-order valence-corrected chi connectivity index (χ3v) is 14.1. The smallest absolute Gasteiger partial charge is 0.284 e. The number of benzene rings is 1. The summed E-state index contributed by atoms with van der Waals surface area (Å²) in [7, 11) is 2.12. The molecule has 4 atom stereocenters. The predicted molar refractivity (Wildman–Crippen MR) is 230 cm³/mol. The Morgan fingerprint density at radius 1 is 1.03 bits per heavy atom. The average Bonchev–Trinajstić information content (AvgIpc) is 4.15. The Balaban J connectivity index is 0.687. The summed E-state index contributed by atoms with van der Waals surface area (Å²) >= 11 is 0. The third kappa shape index (κ3) is 8.63. The van der Waals surface area contributed by atoms with E-state index in [0.29, 0.717) is 43.2 Å². The number of carbonyl (C=O) groups excluding carboxylic acids is 5. The van der Waals surface area contributed by atoms with Crippen molar-refractivity contribution in [2.75, 3.05) is 69.7 Å². The van der Waals surface area contributed by atoms with Gasteiger partial charge in [-0.25, -0.2) is 18.3 Å². The number of morpholine rings is 2. The van der Waals surface area contributed by atoms with E-state index in [9.17, 15) is 32.8 Å². The largest absolute Gasteiger partial charge is 0.376 e. The van der Waals surface area contributed by atoms with Crippen molar-refractivity contribution in [2.45, 2.75) is 94.5 Å². The number of imide groups is 2. The van der Waals surface area contributed by atoms with Gasteiger partial charge in [-0.3, -0.25) is 43.8 Å². The first kappa shape index (κ1) is 43.2. The first-order valence-electron chi connectivity index (χ1n) is 22.7. The van der Waals surface area contributed by atoms with E-state index in [1.54, 1.807) is 23.0 Å². The van der Waals surface area contributed by atoms with Crippen molar-refractivity contribution < 1.29 is 42.2 Å². The number of aryl methyl sites for hydroxylation is 1. The van der Waals surface area contributed by atoms with Gasteiger partial charge in [-0.05, 0) is 82.0 Å². The first-order valence-corrected chi connectivity index (χ1v) is 22.7. The standard InChI is InChI=1S/C45H53F2N11O7/c1-53(15-16-54-17-18-64-30(22-54)10-7-27-3-2-4-32-38(27)45(63)58(44(32)62)35-11-12-37(59)51-43(35)61)21-26-5-8-28(9-6-26)57-24-34(39(52-57)40(46)47)49-42(60)33-20-48-56-14-13-36(50-41(33)56)55-23-31-19-29(55)25-65-31/h2-4,13-14,20,24,26,28-31,35,40H,5-12,15-19,21-23,25H2,1H3,(H,49,60)(H,51,59,61)/t26?,28?,29-,30+,31-,35?/m1/s1. The van der Waals surface area contributed by atoms with E-state index in [4.69, 9.17) is 14.5 Å². The molecule has 4 saturated heterocycles. The number of nitrogens with one attached hydrogen (secondary N) is 2. The summed E-state index contributed by atoms with van der Waals surface area (Å²) in [6.45, 7) is 6.14. The second-order valence-corrected chi connectivity index (χ2v) is 18.3. The molecule has 1 aromatic carbocycles. The van der Waals surface area contributed by atoms with Gasteiger partial charge in [-0.15, -0.1) is 0 Å². The molecule has 5 fully saturated rings. The van der Waals surface area contributed by atoms with E-state index in [-0.39, 0.29) is 53.9 Å². The van der Waals surface area contributed by atoms with Crippen molar-refractivity contribution in [1.29, 1.82) is 0 Å². The molecule has 1 saturated carbocycles. The maximum atomic E-state index is 14.3. The van der Waals surface area contributed by atoms with E-state index in [0.717, 1.165) is 87.7 Å². The van der Waals surface area contributed by atoms with Crippen LogP contribution in [-0.4, -0.2) is 152 Å². The molecule has 1 unspecified atom stereocenters. The molecule has 20 heteroatoms. The maximum Gasteiger partial charge on any atom is 0.284 e. The van der Waals surface area contributed by atoms with E-state index >= 15 is 0 Å². The summed E-state index contributed by atoms with van der Waals surface area (Å²) < 4.78 is 43.6. The Morgan fingerprint density at radius 2 is 1.88 bits per heavy atom. The fourth-order valence-electron chi connectivity index (χ4n) is 10.6. The number of piperidine rings is 1. The number of carbonyl (C=O) groups is 5. The SMILES string of the molecule is CN(CCN1CCO[C@@H](CCc2cccc3c2C(=O)N(C2CCC(=O)NC2=O)C3=O)C1)CC1CCC(n2cc(NC(=O)c3cnn4ccc(N5C[C@H]6C[C@@H]5CO6)nc34)c(C(F)F)n2)CC1. The minimum Gasteiger partial charge on any atom is -0.376 e. The monoisotopic (exact) mass is 897 g/mol. The van der Waals surface area contributed by atoms with Crippen molar-refractivity contribution in [3.63, 3.8) is 0 Å². The van der Waals surface area contributed by atoms with Crippen LogP contribution < -0.4 is 15.5 Å². The van der Waals surface area contributed by atoms with Gasteiger partial charge in [0.05, 0.1) is 60.5 Å². The molecule has 2 bridgehead atoms. The van der Waals surface area contributed by atoms with Gasteiger partial charge < -0.3 is 24.6 Å². The molecule has 10 rings (SSSR count). The molecule has 5 aliphatic heterocycles. The zero-order valence-electron chi connectivity index (χ0n) is 36.2. The molecule has 3 aromatic heterocycles. The van der Waals surface area contributed by atoms with Gasteiger partial charge in [0.25, 0.3) is 24.1 Å². The average molecular weight is 898 g/mol. The summed E-state index contributed by atoms with van der Waals surface area (Å²) in [4.78, 5) is 77.3. The molecule has 0 radical (unpaired) electrons. The van der Waals surface area contributed by atoms with Gasteiger partial charge in [0.2, 0.25) is 11.8 Å². The molecule has 344 valence electrons. The Bertz CT molecular complexity index is 2510. The molecule has 65 heavy (non-hydrogen) atoms. The van der Waals surface area contributed by atoms with Crippen LogP contribution in [0, 0.1) is 5.92 Å². The zero-order chi connectivity index (χ0) is 44.9. The third-order valence-electron chi connectivity index (χ3n) is 14.1. The lowest BCUT2D eigenvalue weighted by Crippen LogP contribution is -2.54. The van der Waals surface area contributed by atoms with Crippen molar-refractivity contribution in [1.82, 2.24) is 44.4 Å². The van der Waals surface area contributed by atoms with Gasteiger partial charge in [0.15, 0.2) is 11.3 Å². The van der Waals surface area contributed by atoms with Crippen molar-refractivity contribution in [2.24, 2.45) is 5.92 Å². The van der Waals surface area contributed by atoms with Gasteiger partial charge in [-0.2, -0.15) is 10.2 Å². The number of ether oxygens (including phenoxy) is 2. The number of hydrogen-bond acceptors (Lipinski definition) is 13. The van der Waals surface area contributed by atoms with Gasteiger partial charge in [0.1, 0.15) is 17.4 Å². The fourth-order valence-corrected chi connectivity index (χ4v) is 10.6. The Hall–Kier alpha value is -5.70. The lowest BCUT2D eigenvalue weighted by atomic mass is 9.86. The summed E-state index contributed by atoms with van der Waals surface area (Å²) in [6.07, 6.45) is 7.64. The molecule has 1 aliphatic carbocycles. The summed E-state index contributed by atoms with van der Waals surface area (Å²) in [5.41, 5.74) is 1.40. The number of amides is 5. The second-order valence-electron chi connectivity index (χ2n) is 18.3. The van der Waals surface area contributed by atoms with E-state index in [2.05, 4.69) is 42.6 Å². The topological polar surface area (TPSA) is 189 Å². The van der Waals surface area contributed by atoms with Crippen LogP contribution >= 0.6 is 0 Å². The van der Waals surface area contributed by atoms with E-state index in [1.165, 1.54) is 16.9 Å². The number of aromatic nitrogens is 5. The highest BCUT2D eigenvalue weighted by Gasteiger charge is 2.46. The second kappa shape index (κ2) is 17.9. The van der Waals surface area contributed by atoms with Crippen molar-refractivity contribution in [3.05, 3.63) is 70.8 Å². The first-order chi connectivity index (χ1) is 31.5.